The van der Waals surface area contributed by atoms with Crippen molar-refractivity contribution in [2.24, 2.45) is 0 Å². The van der Waals surface area contributed by atoms with E-state index in [1.165, 1.54) is 43.5 Å². The van der Waals surface area contributed by atoms with Crippen LogP contribution in [-0.4, -0.2) is 126 Å². The van der Waals surface area contributed by atoms with Gasteiger partial charge >= 0.3 is 5.92 Å². The number of aromatic nitrogens is 2. The molecule has 0 spiro atoms. The van der Waals surface area contributed by atoms with E-state index in [2.05, 4.69) is 31.2 Å². The summed E-state index contributed by atoms with van der Waals surface area (Å²) in [6, 6.07) is 5.32. The number of rotatable bonds is 12. The van der Waals surface area contributed by atoms with Gasteiger partial charge in [-0.1, -0.05) is 12.8 Å². The predicted octanol–water partition coefficient (Wildman–Crippen LogP) is 3.74. The average molecular weight is 889 g/mol. The number of amides is 7. The molecule has 0 radical (unpaired) electrons. The van der Waals surface area contributed by atoms with Gasteiger partial charge in [0.25, 0.3) is 23.6 Å². The molecule has 18 nitrogen and oxygen atoms in total. The van der Waals surface area contributed by atoms with Crippen molar-refractivity contribution in [3.05, 3.63) is 59.0 Å². The Morgan fingerprint density at radius 3 is 2.42 bits per heavy atom. The highest BCUT2D eigenvalue weighted by Crippen LogP contribution is 2.40. The normalized spacial score (nSPS) is 20.2. The number of imide groups is 2. The fourth-order valence-electron chi connectivity index (χ4n) is 8.97. The van der Waals surface area contributed by atoms with E-state index in [-0.39, 0.29) is 82.8 Å². The van der Waals surface area contributed by atoms with E-state index < -0.39 is 59.8 Å². The minimum absolute atomic E-state index is 0.0233. The van der Waals surface area contributed by atoms with Crippen LogP contribution in [0, 0.1) is 5.82 Å². The molecule has 7 amide bonds. The first kappa shape index (κ1) is 43.8. The molecule has 1 unspecified atom stereocenters. The van der Waals surface area contributed by atoms with Gasteiger partial charge in [-0.25, -0.2) is 9.37 Å². The van der Waals surface area contributed by atoms with E-state index in [0.717, 1.165) is 28.7 Å². The minimum atomic E-state index is -3.65. The number of anilines is 5. The Morgan fingerprint density at radius 1 is 0.969 bits per heavy atom. The highest BCUT2D eigenvalue weighted by atomic mass is 19.3. The van der Waals surface area contributed by atoms with Gasteiger partial charge in [0.15, 0.2) is 5.82 Å². The maximum Gasteiger partial charge on any atom is 0.342 e. The number of carbonyl (C=O) groups is 7. The van der Waals surface area contributed by atoms with Gasteiger partial charge in [-0.3, -0.25) is 43.8 Å². The lowest BCUT2D eigenvalue weighted by Gasteiger charge is -2.32. The third-order valence-corrected chi connectivity index (χ3v) is 12.4. The molecule has 1 aliphatic carbocycles. The van der Waals surface area contributed by atoms with Crippen LogP contribution in [0.4, 0.5) is 42.0 Å². The van der Waals surface area contributed by atoms with Crippen molar-refractivity contribution in [1.82, 2.24) is 30.4 Å². The second kappa shape index (κ2) is 17.8. The maximum absolute atomic E-state index is 15.6. The van der Waals surface area contributed by atoms with Crippen molar-refractivity contribution >= 4 is 70.2 Å². The van der Waals surface area contributed by atoms with Gasteiger partial charge in [-0.05, 0) is 62.8 Å². The summed E-state index contributed by atoms with van der Waals surface area (Å²) in [5.74, 6) is -8.82. The number of alkyl halides is 2. The van der Waals surface area contributed by atoms with Gasteiger partial charge in [0, 0.05) is 63.4 Å². The number of carbonyl (C=O) groups excluding carboxylic acids is 7. The maximum atomic E-state index is 15.6. The molecule has 2 saturated heterocycles. The van der Waals surface area contributed by atoms with E-state index in [9.17, 15) is 33.6 Å². The fraction of sp³-hybridized carbons (Fsp3) is 0.465. The third-order valence-electron chi connectivity index (χ3n) is 12.4. The molecular weight excluding hydrogens is 842 g/mol. The second-order valence-electron chi connectivity index (χ2n) is 16.6. The molecule has 5 aliphatic rings. The molecule has 0 bridgehead atoms. The number of halogens is 3. The van der Waals surface area contributed by atoms with Gasteiger partial charge < -0.3 is 35.4 Å². The average Bonchev–Trinajstić information content (AvgIpc) is 3.88. The molecule has 1 saturated carbocycles. The quantitative estimate of drug-likeness (QED) is 0.151. The Hall–Kier alpha value is -6.80. The molecular formula is C43H47F3N10O8. The first-order chi connectivity index (χ1) is 30.6. The summed E-state index contributed by atoms with van der Waals surface area (Å²) in [5.41, 5.74) is 0.783. The van der Waals surface area contributed by atoms with E-state index in [4.69, 9.17) is 4.74 Å². The number of hydrogen-bond donors (Lipinski definition) is 4. The monoisotopic (exact) mass is 888 g/mol. The molecule has 5 heterocycles. The zero-order valence-corrected chi connectivity index (χ0v) is 35.2. The molecule has 2 aromatic carbocycles. The Kier molecular flexibility index (Phi) is 12.2. The summed E-state index contributed by atoms with van der Waals surface area (Å²) >= 11 is 0. The van der Waals surface area contributed by atoms with Crippen LogP contribution in [-0.2, 0) is 19.2 Å². The Bertz CT molecular complexity index is 2420. The van der Waals surface area contributed by atoms with Crippen LogP contribution < -0.4 is 35.8 Å². The number of fused-ring (bicyclic) bond motifs is 2. The second-order valence-corrected chi connectivity index (χ2v) is 16.6. The summed E-state index contributed by atoms with van der Waals surface area (Å²) in [6.45, 7) is 0.292. The van der Waals surface area contributed by atoms with Gasteiger partial charge in [-0.2, -0.15) is 13.8 Å². The van der Waals surface area contributed by atoms with Crippen molar-refractivity contribution in [2.45, 2.75) is 88.3 Å². The van der Waals surface area contributed by atoms with Gasteiger partial charge in [0.1, 0.15) is 23.3 Å². The van der Waals surface area contributed by atoms with Gasteiger partial charge in [-0.15, -0.1) is 0 Å². The van der Waals surface area contributed by atoms with E-state index in [1.54, 1.807) is 11.0 Å². The van der Waals surface area contributed by atoms with Crippen LogP contribution in [0.2, 0.25) is 0 Å². The number of ether oxygens (including phenoxy) is 1. The van der Waals surface area contributed by atoms with Crippen LogP contribution >= 0.6 is 0 Å². The molecule has 1 aromatic heterocycles. The van der Waals surface area contributed by atoms with Crippen LogP contribution in [0.15, 0.2) is 36.5 Å². The van der Waals surface area contributed by atoms with Crippen LogP contribution in [0.5, 0.6) is 5.75 Å². The molecule has 21 heteroatoms. The van der Waals surface area contributed by atoms with Crippen LogP contribution in [0.3, 0.4) is 0 Å². The largest absolute Gasteiger partial charge is 0.495 e. The highest BCUT2D eigenvalue weighted by molar-refractivity contribution is 6.23. The van der Waals surface area contributed by atoms with Crippen molar-refractivity contribution in [1.29, 1.82) is 0 Å². The number of piperidine rings is 2. The number of nitrogens with one attached hydrogen (secondary N) is 4. The number of benzene rings is 2. The lowest BCUT2D eigenvalue weighted by Crippen LogP contribution is -2.54. The molecule has 3 fully saturated rings. The lowest BCUT2D eigenvalue weighted by atomic mass is 10.0. The number of likely N-dealkylation sites (tertiary alicyclic amines) is 1. The van der Waals surface area contributed by atoms with Crippen molar-refractivity contribution in [2.75, 3.05) is 60.8 Å². The summed E-state index contributed by atoms with van der Waals surface area (Å²) < 4.78 is 51.2. The molecule has 3 aromatic rings. The molecule has 64 heavy (non-hydrogen) atoms. The Balaban J connectivity index is 0.821. The Labute approximate surface area is 365 Å². The van der Waals surface area contributed by atoms with Crippen LogP contribution in [0.25, 0.3) is 0 Å². The first-order valence-electron chi connectivity index (χ1n) is 21.3. The summed E-state index contributed by atoms with van der Waals surface area (Å²) in [4.78, 5) is 103. The fourth-order valence-corrected chi connectivity index (χ4v) is 8.97. The van der Waals surface area contributed by atoms with E-state index in [1.807, 2.05) is 0 Å². The molecule has 4 aliphatic heterocycles. The number of methoxy groups -OCH3 is 1. The standard InChI is InChI=1S/C43H47F3N10O8/c1-53-32-21-48-42(52-36(32)55(25-6-3-4-7-25)22-43(45,46)41(53)63)50-30-20-29(44)28(19-33(30)64-2)37(59)49-23-13-16-54(17-14-23)35(58)8-5-15-47-24-9-10-26-27(18-24)40(62)56(39(26)61)31-11-12-34(57)51-38(31)60/h9-10,18-21,23,25,31,47H,3-8,11-17,22H2,1-2H3,(H,49,59)(H,48,50,52)(H,51,57,60). The summed E-state index contributed by atoms with van der Waals surface area (Å²) in [7, 11) is 2.58. The van der Waals surface area contributed by atoms with Crippen LogP contribution in [0.1, 0.15) is 95.3 Å². The number of nitrogens with zero attached hydrogens (tertiary/aromatic N) is 6. The number of hydrogen-bond acceptors (Lipinski definition) is 13. The first-order valence-corrected chi connectivity index (χ1v) is 21.3. The smallest absolute Gasteiger partial charge is 0.342 e. The summed E-state index contributed by atoms with van der Waals surface area (Å²) in [6.07, 6.45) is 5.94. The SMILES string of the molecule is COc1cc(C(=O)NC2CCN(C(=O)CCCNc3ccc4c(c3)C(=O)N(C3CCC(=O)NC3=O)C4=O)CC2)c(F)cc1Nc1ncc2c(n1)N(C1CCCC1)CC(F)(F)C(=O)N2C. The lowest BCUT2D eigenvalue weighted by molar-refractivity contribution is -0.140. The molecule has 338 valence electrons. The van der Waals surface area contributed by atoms with E-state index in [0.29, 0.717) is 57.4 Å². The third kappa shape index (κ3) is 8.61. The molecule has 4 N–H and O–H groups in total. The highest BCUT2D eigenvalue weighted by Gasteiger charge is 2.49. The Morgan fingerprint density at radius 2 is 1.70 bits per heavy atom. The minimum Gasteiger partial charge on any atom is -0.495 e. The zero-order valence-electron chi connectivity index (χ0n) is 35.2. The molecule has 8 rings (SSSR count). The zero-order chi connectivity index (χ0) is 45.4. The van der Waals surface area contributed by atoms with Crippen molar-refractivity contribution < 1.29 is 51.5 Å². The molecule has 1 atom stereocenters. The predicted molar refractivity (Wildman–Crippen MR) is 224 cm³/mol. The van der Waals surface area contributed by atoms with Crippen molar-refractivity contribution in [3.8, 4) is 5.75 Å². The summed E-state index contributed by atoms with van der Waals surface area (Å²) in [5, 5.41) is 11.1. The van der Waals surface area contributed by atoms with Crippen molar-refractivity contribution in [3.63, 3.8) is 0 Å². The van der Waals surface area contributed by atoms with E-state index >= 15 is 13.2 Å². The van der Waals surface area contributed by atoms with Gasteiger partial charge in [0.2, 0.25) is 23.7 Å². The topological polar surface area (TPSA) is 216 Å². The van der Waals surface area contributed by atoms with Gasteiger partial charge in [0.05, 0.1) is 42.2 Å².